The maximum atomic E-state index is 13.8. The molecule has 4 atom stereocenters. The molecule has 1 fully saturated rings. The van der Waals surface area contributed by atoms with Gasteiger partial charge >= 0.3 is 5.97 Å². The molecule has 0 bridgehead atoms. The maximum absolute atomic E-state index is 13.8. The van der Waals surface area contributed by atoms with Gasteiger partial charge in [0.05, 0.1) is 26.5 Å². The summed E-state index contributed by atoms with van der Waals surface area (Å²) in [5.74, 6) is -0.691. The van der Waals surface area contributed by atoms with Crippen LogP contribution in [0.25, 0.3) is 11.2 Å². The minimum Gasteiger partial charge on any atom is -0.497 e. The first-order chi connectivity index (χ1) is 30.1. The molecular weight excluding hydrogens is 819 g/mol. The van der Waals surface area contributed by atoms with Crippen LogP contribution in [-0.2, 0) is 33.8 Å². The fourth-order valence-corrected chi connectivity index (χ4v) is 8.69. The van der Waals surface area contributed by atoms with Crippen LogP contribution in [0.3, 0.4) is 0 Å². The number of nitrogens with one attached hydrogen (secondary N) is 2. The third-order valence-corrected chi connectivity index (χ3v) is 16.2. The number of aromatic amines is 1. The van der Waals surface area contributed by atoms with Gasteiger partial charge < -0.3 is 28.2 Å². The Hall–Kier alpha value is -6.26. The molecule has 6 aromatic rings. The van der Waals surface area contributed by atoms with E-state index in [1.54, 1.807) is 42.0 Å². The number of esters is 1. The Morgan fingerprint density at radius 1 is 0.825 bits per heavy atom. The summed E-state index contributed by atoms with van der Waals surface area (Å²) in [6.07, 6.45) is -2.85. The number of hydrogen-bond acceptors (Lipinski definition) is 11. The number of H-pyrrole nitrogens is 1. The van der Waals surface area contributed by atoms with Gasteiger partial charge in [0.25, 0.3) is 11.5 Å². The van der Waals surface area contributed by atoms with Crippen LogP contribution < -0.4 is 15.6 Å². The number of amides is 1. The van der Waals surface area contributed by atoms with Gasteiger partial charge in [-0.2, -0.15) is 4.98 Å². The zero-order valence-corrected chi connectivity index (χ0v) is 37.5. The summed E-state index contributed by atoms with van der Waals surface area (Å²) in [6.45, 7) is 11.7. The van der Waals surface area contributed by atoms with E-state index in [2.05, 4.69) is 54.1 Å². The Kier molecular flexibility index (Phi) is 13.2. The van der Waals surface area contributed by atoms with Crippen molar-refractivity contribution < 1.29 is 37.8 Å². The van der Waals surface area contributed by atoms with Gasteiger partial charge in [-0.1, -0.05) is 112 Å². The highest BCUT2D eigenvalue weighted by molar-refractivity contribution is 6.74. The van der Waals surface area contributed by atoms with E-state index in [0.717, 1.165) is 16.7 Å². The lowest BCUT2D eigenvalue weighted by Crippen LogP contribution is -2.50. The molecule has 328 valence electrons. The van der Waals surface area contributed by atoms with Gasteiger partial charge in [0.2, 0.25) is 5.95 Å². The lowest BCUT2D eigenvalue weighted by Gasteiger charge is -2.40. The van der Waals surface area contributed by atoms with Gasteiger partial charge in [-0.15, -0.1) is 0 Å². The number of rotatable bonds is 16. The van der Waals surface area contributed by atoms with Gasteiger partial charge in [-0.3, -0.25) is 29.3 Å². The molecule has 0 aliphatic carbocycles. The highest BCUT2D eigenvalue weighted by Crippen LogP contribution is 2.46. The zero-order valence-electron chi connectivity index (χ0n) is 36.5. The van der Waals surface area contributed by atoms with Crippen LogP contribution >= 0.6 is 0 Å². The molecule has 1 saturated heterocycles. The van der Waals surface area contributed by atoms with Gasteiger partial charge in [0.1, 0.15) is 29.3 Å². The third-order valence-electron chi connectivity index (χ3n) is 11.8. The van der Waals surface area contributed by atoms with Crippen molar-refractivity contribution in [1.29, 1.82) is 0 Å². The molecule has 0 spiro atoms. The molecule has 2 N–H and O–H groups in total. The summed E-state index contributed by atoms with van der Waals surface area (Å²) in [5, 5.41) is 2.38. The fraction of sp³-hybridized carbons (Fsp3) is 0.333. The van der Waals surface area contributed by atoms with Crippen LogP contribution in [0.15, 0.2) is 126 Å². The minimum absolute atomic E-state index is 0.0102. The van der Waals surface area contributed by atoms with Crippen molar-refractivity contribution in [3.8, 4) is 5.75 Å². The van der Waals surface area contributed by atoms with Gasteiger partial charge in [-0.25, -0.2) is 4.98 Å². The monoisotopic (exact) mass is 871 g/mol. The Morgan fingerprint density at radius 3 is 1.98 bits per heavy atom. The van der Waals surface area contributed by atoms with Crippen molar-refractivity contribution in [2.45, 2.75) is 88.8 Å². The predicted molar refractivity (Wildman–Crippen MR) is 240 cm³/mol. The number of carbonyl (C=O) groups excluding carboxylic acids is 3. The highest BCUT2D eigenvalue weighted by atomic mass is 28.4. The number of ketones is 1. The van der Waals surface area contributed by atoms with E-state index in [-0.39, 0.29) is 47.4 Å². The van der Waals surface area contributed by atoms with Crippen LogP contribution in [0, 0.1) is 0 Å². The summed E-state index contributed by atoms with van der Waals surface area (Å²) >= 11 is 0. The van der Waals surface area contributed by atoms with Gasteiger partial charge in [0, 0.05) is 12.0 Å². The SMILES string of the molecule is COc1ccc(C(OC[C@H]2O[C@@H](n3cnc4c(=O)[nH]c(NC(=O)c5ccccc5)nc43)[C@H](O[Si](C)(C)C(C)(C)C)[C@@H]2OC(=O)CCC(C)=O)(c2ccccc2)c2ccccc2)cc1. The predicted octanol–water partition coefficient (Wildman–Crippen LogP) is 7.96. The number of fused-ring (bicyclic) bond motifs is 1. The molecule has 63 heavy (non-hydrogen) atoms. The second-order valence-electron chi connectivity index (χ2n) is 17.1. The molecule has 3 heterocycles. The van der Waals surface area contributed by atoms with Crippen LogP contribution in [0.4, 0.5) is 5.95 Å². The molecule has 4 aromatic carbocycles. The van der Waals surface area contributed by atoms with Crippen LogP contribution in [-0.4, -0.2) is 77.5 Å². The average Bonchev–Trinajstić information content (AvgIpc) is 3.84. The molecule has 7 rings (SSSR count). The summed E-state index contributed by atoms with van der Waals surface area (Å²) in [6, 6.07) is 35.8. The van der Waals surface area contributed by atoms with E-state index < -0.39 is 55.9 Å². The molecule has 1 aliphatic heterocycles. The number of hydrogen-bond donors (Lipinski definition) is 2. The number of benzene rings is 4. The van der Waals surface area contributed by atoms with Crippen molar-refractivity contribution in [3.05, 3.63) is 154 Å². The first kappa shape index (κ1) is 44.8. The van der Waals surface area contributed by atoms with Crippen LogP contribution in [0.1, 0.15) is 73.8 Å². The lowest BCUT2D eigenvalue weighted by atomic mass is 9.80. The number of ether oxygens (including phenoxy) is 4. The number of aromatic nitrogens is 4. The quantitative estimate of drug-likeness (QED) is 0.0549. The van der Waals surface area contributed by atoms with E-state index in [4.69, 9.17) is 23.4 Å². The van der Waals surface area contributed by atoms with Crippen molar-refractivity contribution >= 4 is 43.1 Å². The number of methoxy groups -OCH3 is 1. The van der Waals surface area contributed by atoms with Gasteiger partial charge in [-0.05, 0) is 66.0 Å². The van der Waals surface area contributed by atoms with Crippen LogP contribution in [0.5, 0.6) is 5.75 Å². The molecule has 0 saturated carbocycles. The molecule has 14 nitrogen and oxygen atoms in total. The third kappa shape index (κ3) is 9.56. The number of carbonyl (C=O) groups is 3. The topological polar surface area (TPSA) is 173 Å². The average molecular weight is 872 g/mol. The molecule has 1 aliphatic rings. The highest BCUT2D eigenvalue weighted by Gasteiger charge is 2.54. The van der Waals surface area contributed by atoms with Gasteiger partial charge in [0.15, 0.2) is 31.8 Å². The van der Waals surface area contributed by atoms with Crippen molar-refractivity contribution in [2.24, 2.45) is 0 Å². The summed E-state index contributed by atoms with van der Waals surface area (Å²) < 4.78 is 34.9. The second kappa shape index (κ2) is 18.6. The maximum Gasteiger partial charge on any atom is 0.306 e. The summed E-state index contributed by atoms with van der Waals surface area (Å²) in [7, 11) is -1.11. The number of imidazole rings is 1. The smallest absolute Gasteiger partial charge is 0.306 e. The number of Topliss-reactive ketones (excluding diaryl/α,β-unsaturated/α-hetero) is 1. The van der Waals surface area contributed by atoms with E-state index in [9.17, 15) is 19.2 Å². The van der Waals surface area contributed by atoms with Crippen molar-refractivity contribution in [2.75, 3.05) is 19.0 Å². The summed E-state index contributed by atoms with van der Waals surface area (Å²) in [5.41, 5.74) is 1.10. The Bertz CT molecular complexity index is 2560. The second-order valence-corrected chi connectivity index (χ2v) is 21.8. The van der Waals surface area contributed by atoms with Crippen LogP contribution in [0.2, 0.25) is 18.1 Å². The number of nitrogens with zero attached hydrogens (tertiary/aromatic N) is 3. The largest absolute Gasteiger partial charge is 0.497 e. The molecule has 0 radical (unpaired) electrons. The Labute approximate surface area is 367 Å². The zero-order chi connectivity index (χ0) is 44.9. The first-order valence-electron chi connectivity index (χ1n) is 20.9. The first-order valence-corrected chi connectivity index (χ1v) is 23.8. The van der Waals surface area contributed by atoms with Crippen molar-refractivity contribution in [3.63, 3.8) is 0 Å². The normalized spacial score (nSPS) is 18.0. The molecule has 0 unspecified atom stereocenters. The Balaban J connectivity index is 1.36. The summed E-state index contributed by atoms with van der Waals surface area (Å²) in [4.78, 5) is 64.3. The van der Waals surface area contributed by atoms with E-state index in [0.29, 0.717) is 11.3 Å². The minimum atomic E-state index is -2.72. The number of anilines is 1. The lowest BCUT2D eigenvalue weighted by molar-refractivity contribution is -0.159. The van der Waals surface area contributed by atoms with E-state index in [1.807, 2.05) is 84.9 Å². The standard InChI is InChI=1S/C48H53N5O9Si/c1-31(54)23-28-38(55)61-40-37(29-59-48(33-19-13-9-14-20-33,34-21-15-10-16-22-34)35-24-26-36(58-5)27-25-35)60-45(41(40)62-63(6,7)47(2,3)4)53-30-49-39-42(53)50-46(52-44(39)57)51-43(56)32-17-11-8-12-18-32/h8-22,24-27,30,37,40-41,45H,23,28-29H2,1-7H3,(H2,50,51,52,56,57)/t37-,40-,41-,45-/m1/s1. The van der Waals surface area contributed by atoms with E-state index in [1.165, 1.54) is 13.3 Å². The Morgan fingerprint density at radius 2 is 1.41 bits per heavy atom. The molecule has 2 aromatic heterocycles. The fourth-order valence-electron chi connectivity index (χ4n) is 7.41. The van der Waals surface area contributed by atoms with E-state index >= 15 is 0 Å². The molecular formula is C48H53N5O9Si. The molecule has 15 heteroatoms. The molecule has 1 amide bonds. The van der Waals surface area contributed by atoms with Crippen molar-refractivity contribution in [1.82, 2.24) is 19.5 Å².